The number of nitrogens with zero attached hydrogens (tertiary/aromatic N) is 3. The number of hydrogen-bond acceptors (Lipinski definition) is 8. The van der Waals surface area contributed by atoms with Gasteiger partial charge >= 0.3 is 0 Å². The fourth-order valence-electron chi connectivity index (χ4n) is 5.82. The van der Waals surface area contributed by atoms with Gasteiger partial charge in [0.15, 0.2) is 0 Å². The zero-order valence-electron chi connectivity index (χ0n) is 23.9. The van der Waals surface area contributed by atoms with Crippen LogP contribution in [0.2, 0.25) is 0 Å². The number of nitrogens with one attached hydrogen (secondary N) is 3. The number of aliphatic hydroxyl groups is 1. The Morgan fingerprint density at radius 3 is 2.45 bits per heavy atom. The van der Waals surface area contributed by atoms with Crippen molar-refractivity contribution in [2.75, 3.05) is 38.6 Å². The second-order valence-corrected chi connectivity index (χ2v) is 11.3. The molecule has 42 heavy (non-hydrogen) atoms. The zero-order valence-corrected chi connectivity index (χ0v) is 23.9. The molecule has 0 bridgehead atoms. The van der Waals surface area contributed by atoms with E-state index in [9.17, 15) is 19.5 Å². The predicted octanol–water partition coefficient (Wildman–Crippen LogP) is 3.08. The van der Waals surface area contributed by atoms with Crippen LogP contribution >= 0.6 is 0 Å². The molecule has 218 valence electrons. The highest BCUT2D eigenvalue weighted by Crippen LogP contribution is 2.32. The largest absolute Gasteiger partial charge is 0.491 e. The number of fused-ring (bicyclic) bond motifs is 2. The standard InChI is InChI=1S/C31H34N6O5/c1-17-10-18(2)12-21(11-17)42-16-20(38)15-33-24-4-7-32-29(39)27(24)28-34-25-13-22-23(14-26(25)35-28)31(41)37(30(22)40)19-5-8-36(3)9-6-19/h4,7,10-14,19-20,38H,5-6,8-9,15-16H2,1-3H3,(H,34,35)(H2,32,33,39). The van der Waals surface area contributed by atoms with Gasteiger partial charge in [-0.05, 0) is 88.3 Å². The molecule has 4 aromatic rings. The van der Waals surface area contributed by atoms with Crippen LogP contribution in [0.1, 0.15) is 44.7 Å². The summed E-state index contributed by atoms with van der Waals surface area (Å²) in [7, 11) is 2.03. The molecular formula is C31H34N6O5. The smallest absolute Gasteiger partial charge is 0.261 e. The van der Waals surface area contributed by atoms with Crippen molar-refractivity contribution in [3.8, 4) is 17.1 Å². The zero-order chi connectivity index (χ0) is 29.5. The maximum Gasteiger partial charge on any atom is 0.261 e. The summed E-state index contributed by atoms with van der Waals surface area (Å²) in [4.78, 5) is 53.6. The molecule has 0 radical (unpaired) electrons. The Morgan fingerprint density at radius 1 is 1.05 bits per heavy atom. The molecule has 2 amide bonds. The fourth-order valence-corrected chi connectivity index (χ4v) is 5.82. The van der Waals surface area contributed by atoms with Gasteiger partial charge in [-0.25, -0.2) is 4.98 Å². The van der Waals surface area contributed by atoms with Crippen molar-refractivity contribution in [2.45, 2.75) is 38.8 Å². The Morgan fingerprint density at radius 2 is 1.74 bits per heavy atom. The molecule has 11 nitrogen and oxygen atoms in total. The van der Waals surface area contributed by atoms with Gasteiger partial charge < -0.3 is 30.0 Å². The van der Waals surface area contributed by atoms with E-state index in [-0.39, 0.29) is 48.0 Å². The van der Waals surface area contributed by atoms with Crippen molar-refractivity contribution in [1.82, 2.24) is 24.8 Å². The number of anilines is 1. The number of imide groups is 1. The first kappa shape index (κ1) is 27.7. The van der Waals surface area contributed by atoms with Crippen molar-refractivity contribution < 1.29 is 19.4 Å². The summed E-state index contributed by atoms with van der Waals surface area (Å²) in [5.74, 6) is 0.377. The number of rotatable bonds is 8. The number of hydrogen-bond donors (Lipinski definition) is 4. The SMILES string of the molecule is Cc1cc(C)cc(OCC(O)CNc2cc[nH]c(=O)c2-c2nc3cc4c(cc3[nH]2)C(=O)N(C2CCN(C)CC2)C4=O)c1. The van der Waals surface area contributed by atoms with Crippen LogP contribution in [-0.2, 0) is 0 Å². The minimum absolute atomic E-state index is 0.0707. The summed E-state index contributed by atoms with van der Waals surface area (Å²) in [5, 5.41) is 13.7. The number of imidazole rings is 1. The molecule has 2 aliphatic rings. The van der Waals surface area contributed by atoms with Crippen LogP contribution in [0.5, 0.6) is 5.75 Å². The number of aliphatic hydroxyl groups excluding tert-OH is 1. The molecule has 6 rings (SSSR count). The monoisotopic (exact) mass is 570 g/mol. The van der Waals surface area contributed by atoms with Gasteiger partial charge in [0, 0.05) is 18.8 Å². The third kappa shape index (κ3) is 5.28. The maximum absolute atomic E-state index is 13.3. The number of aromatic nitrogens is 3. The van der Waals surface area contributed by atoms with E-state index < -0.39 is 6.10 Å². The average molecular weight is 571 g/mol. The molecule has 2 aromatic heterocycles. The van der Waals surface area contributed by atoms with Crippen molar-refractivity contribution in [3.63, 3.8) is 0 Å². The van der Waals surface area contributed by atoms with Gasteiger partial charge in [0.25, 0.3) is 17.4 Å². The summed E-state index contributed by atoms with van der Waals surface area (Å²) in [6, 6.07) is 10.7. The van der Waals surface area contributed by atoms with Crippen LogP contribution in [0.25, 0.3) is 22.4 Å². The Bertz CT molecular complexity index is 1660. The molecule has 0 saturated carbocycles. The van der Waals surface area contributed by atoms with E-state index in [0.717, 1.165) is 37.1 Å². The molecule has 0 aliphatic carbocycles. The fraction of sp³-hybridized carbons (Fsp3) is 0.355. The van der Waals surface area contributed by atoms with E-state index in [0.29, 0.717) is 33.6 Å². The third-order valence-electron chi connectivity index (χ3n) is 7.94. The van der Waals surface area contributed by atoms with E-state index in [2.05, 4.69) is 25.2 Å². The highest BCUT2D eigenvalue weighted by molar-refractivity contribution is 6.23. The number of piperidine rings is 1. The Kier molecular flexibility index (Phi) is 7.29. The minimum atomic E-state index is -0.846. The molecule has 1 fully saturated rings. The molecule has 0 spiro atoms. The lowest BCUT2D eigenvalue weighted by atomic mass is 10.0. The van der Waals surface area contributed by atoms with Crippen LogP contribution in [0.15, 0.2) is 47.4 Å². The number of H-pyrrole nitrogens is 2. The number of ether oxygens (including phenoxy) is 1. The van der Waals surface area contributed by atoms with E-state index in [1.807, 2.05) is 39.1 Å². The van der Waals surface area contributed by atoms with Crippen LogP contribution in [0.4, 0.5) is 5.69 Å². The van der Waals surface area contributed by atoms with Gasteiger partial charge in [-0.1, -0.05) is 6.07 Å². The lowest BCUT2D eigenvalue weighted by molar-refractivity contribution is 0.0516. The number of pyridine rings is 1. The Balaban J connectivity index is 1.20. The first-order valence-corrected chi connectivity index (χ1v) is 14.1. The number of aryl methyl sites for hydroxylation is 2. The highest BCUT2D eigenvalue weighted by atomic mass is 16.5. The van der Waals surface area contributed by atoms with E-state index >= 15 is 0 Å². The lowest BCUT2D eigenvalue weighted by Crippen LogP contribution is -2.46. The Labute approximate surface area is 242 Å². The van der Waals surface area contributed by atoms with Gasteiger partial charge in [0.2, 0.25) is 0 Å². The second kappa shape index (κ2) is 11.1. The predicted molar refractivity (Wildman–Crippen MR) is 159 cm³/mol. The minimum Gasteiger partial charge on any atom is -0.491 e. The summed E-state index contributed by atoms with van der Waals surface area (Å²) in [6.07, 6.45) is 2.17. The molecule has 4 heterocycles. The summed E-state index contributed by atoms with van der Waals surface area (Å²) >= 11 is 0. The van der Waals surface area contributed by atoms with Gasteiger partial charge in [0.1, 0.15) is 29.8 Å². The molecule has 4 N–H and O–H groups in total. The number of carbonyl (C=O) groups is 2. The molecule has 2 aliphatic heterocycles. The first-order valence-electron chi connectivity index (χ1n) is 14.1. The van der Waals surface area contributed by atoms with Crippen LogP contribution in [-0.4, -0.2) is 87.1 Å². The van der Waals surface area contributed by atoms with Gasteiger partial charge in [0.05, 0.1) is 27.8 Å². The number of benzene rings is 2. The number of carbonyl (C=O) groups excluding carboxylic acids is 2. The quantitative estimate of drug-likeness (QED) is 0.237. The number of aromatic amines is 2. The van der Waals surface area contributed by atoms with Crippen LogP contribution in [0.3, 0.4) is 0 Å². The molecular weight excluding hydrogens is 536 g/mol. The van der Waals surface area contributed by atoms with Crippen molar-refractivity contribution in [1.29, 1.82) is 0 Å². The molecule has 1 unspecified atom stereocenters. The van der Waals surface area contributed by atoms with Gasteiger partial charge in [-0.15, -0.1) is 0 Å². The van der Waals surface area contributed by atoms with Crippen molar-refractivity contribution >= 4 is 28.5 Å². The Hall–Kier alpha value is -4.48. The van der Waals surface area contributed by atoms with E-state index in [4.69, 9.17) is 4.74 Å². The summed E-state index contributed by atoms with van der Waals surface area (Å²) in [5.41, 5.74) is 4.18. The second-order valence-electron chi connectivity index (χ2n) is 11.3. The van der Waals surface area contributed by atoms with E-state index in [1.54, 1.807) is 18.2 Å². The highest BCUT2D eigenvalue weighted by Gasteiger charge is 2.41. The average Bonchev–Trinajstić information content (AvgIpc) is 3.47. The topological polar surface area (TPSA) is 144 Å². The molecule has 1 atom stereocenters. The van der Waals surface area contributed by atoms with E-state index in [1.165, 1.54) is 11.1 Å². The number of amides is 2. The third-order valence-corrected chi connectivity index (χ3v) is 7.94. The lowest BCUT2D eigenvalue weighted by Gasteiger charge is -2.33. The molecule has 11 heteroatoms. The summed E-state index contributed by atoms with van der Waals surface area (Å²) in [6.45, 7) is 5.84. The summed E-state index contributed by atoms with van der Waals surface area (Å²) < 4.78 is 5.77. The number of likely N-dealkylation sites (tertiary alicyclic amines) is 1. The van der Waals surface area contributed by atoms with Crippen molar-refractivity contribution in [3.05, 3.63) is 75.2 Å². The van der Waals surface area contributed by atoms with Gasteiger partial charge in [-0.2, -0.15) is 0 Å². The van der Waals surface area contributed by atoms with Crippen LogP contribution in [0, 0.1) is 13.8 Å². The molecule has 1 saturated heterocycles. The first-order chi connectivity index (χ1) is 20.2. The normalized spacial score (nSPS) is 16.7. The van der Waals surface area contributed by atoms with Crippen molar-refractivity contribution in [2.24, 2.45) is 0 Å². The van der Waals surface area contributed by atoms with Crippen LogP contribution < -0.4 is 15.6 Å². The maximum atomic E-state index is 13.3. The van der Waals surface area contributed by atoms with Gasteiger partial charge in [-0.3, -0.25) is 19.3 Å². The molecule has 2 aromatic carbocycles.